The molecule has 2 atom stereocenters. The van der Waals surface area contributed by atoms with E-state index >= 15 is 0 Å². The molecule has 2 unspecified atom stereocenters. The Bertz CT molecular complexity index is 405. The van der Waals surface area contributed by atoms with E-state index in [9.17, 15) is 9.90 Å². The minimum absolute atomic E-state index is 0.0966. The highest BCUT2D eigenvalue weighted by atomic mass is 35.5. The predicted molar refractivity (Wildman–Crippen MR) is 83.1 cm³/mol. The summed E-state index contributed by atoms with van der Waals surface area (Å²) in [5, 5.41) is 13.4. The molecule has 112 valence electrons. The first kappa shape index (κ1) is 17.2. The molecular weight excluding hydrogens is 274 g/mol. The van der Waals surface area contributed by atoms with Gasteiger partial charge in [-0.1, -0.05) is 31.9 Å². The van der Waals surface area contributed by atoms with E-state index in [0.29, 0.717) is 17.1 Å². The Hall–Kier alpha value is -0.900. The first-order valence-electron chi connectivity index (χ1n) is 7.29. The maximum atomic E-state index is 12.3. The number of Topliss-reactive ketones (excluding diaryl/α,β-unsaturated/α-hetero) is 1. The number of carbonyl (C=O) groups excluding carboxylic acids is 1. The van der Waals surface area contributed by atoms with Crippen molar-refractivity contribution in [2.24, 2.45) is 5.92 Å². The molecule has 20 heavy (non-hydrogen) atoms. The van der Waals surface area contributed by atoms with E-state index in [-0.39, 0.29) is 11.7 Å². The highest BCUT2D eigenvalue weighted by Gasteiger charge is 2.19. The van der Waals surface area contributed by atoms with E-state index in [4.69, 9.17) is 11.6 Å². The Labute approximate surface area is 126 Å². The van der Waals surface area contributed by atoms with Gasteiger partial charge in [0, 0.05) is 23.0 Å². The zero-order valence-corrected chi connectivity index (χ0v) is 13.0. The molecule has 0 aliphatic heterocycles. The van der Waals surface area contributed by atoms with E-state index in [1.807, 2.05) is 6.92 Å². The van der Waals surface area contributed by atoms with Crippen molar-refractivity contribution in [1.29, 1.82) is 0 Å². The number of nitrogens with one attached hydrogen (secondary N) is 1. The monoisotopic (exact) mass is 297 g/mol. The van der Waals surface area contributed by atoms with Gasteiger partial charge in [-0.05, 0) is 43.5 Å². The van der Waals surface area contributed by atoms with Crippen LogP contribution in [0.2, 0.25) is 5.02 Å². The molecular formula is C16H24ClNO2. The van der Waals surface area contributed by atoms with Crippen molar-refractivity contribution in [3.05, 3.63) is 34.9 Å². The molecule has 0 aromatic heterocycles. The highest BCUT2D eigenvalue weighted by Crippen LogP contribution is 2.15. The SMILES string of the molecule is CCCCC(O)NCC(CC)C(=O)c1ccc(Cl)cc1. The van der Waals surface area contributed by atoms with E-state index in [1.54, 1.807) is 24.3 Å². The molecule has 0 aliphatic rings. The lowest BCUT2D eigenvalue weighted by Gasteiger charge is -2.18. The number of aliphatic hydroxyl groups excluding tert-OH is 1. The van der Waals surface area contributed by atoms with Crippen LogP contribution in [0.15, 0.2) is 24.3 Å². The Kier molecular flexibility index (Phi) is 7.82. The highest BCUT2D eigenvalue weighted by molar-refractivity contribution is 6.30. The van der Waals surface area contributed by atoms with Crippen LogP contribution >= 0.6 is 11.6 Å². The molecule has 0 heterocycles. The molecule has 1 rings (SSSR count). The van der Waals surface area contributed by atoms with E-state index in [0.717, 1.165) is 25.7 Å². The second-order valence-corrected chi connectivity index (χ2v) is 5.48. The normalized spacial score (nSPS) is 14.0. The van der Waals surface area contributed by atoms with Crippen LogP contribution < -0.4 is 5.32 Å². The minimum atomic E-state index is -0.526. The summed E-state index contributed by atoms with van der Waals surface area (Å²) in [4.78, 5) is 12.3. The summed E-state index contributed by atoms with van der Waals surface area (Å²) in [5.74, 6) is -0.0215. The largest absolute Gasteiger partial charge is 0.379 e. The zero-order valence-electron chi connectivity index (χ0n) is 12.2. The van der Waals surface area contributed by atoms with Gasteiger partial charge in [-0.2, -0.15) is 0 Å². The summed E-state index contributed by atoms with van der Waals surface area (Å²) in [5.41, 5.74) is 0.672. The van der Waals surface area contributed by atoms with Crippen LogP contribution in [0.4, 0.5) is 0 Å². The number of ketones is 1. The molecule has 0 bridgehead atoms. The van der Waals surface area contributed by atoms with Crippen molar-refractivity contribution in [2.75, 3.05) is 6.54 Å². The fourth-order valence-corrected chi connectivity index (χ4v) is 2.18. The smallest absolute Gasteiger partial charge is 0.167 e. The van der Waals surface area contributed by atoms with E-state index in [1.165, 1.54) is 0 Å². The summed E-state index contributed by atoms with van der Waals surface area (Å²) < 4.78 is 0. The summed E-state index contributed by atoms with van der Waals surface area (Å²) >= 11 is 5.82. The van der Waals surface area contributed by atoms with Gasteiger partial charge in [-0.15, -0.1) is 0 Å². The number of halogens is 1. The van der Waals surface area contributed by atoms with E-state index in [2.05, 4.69) is 12.2 Å². The van der Waals surface area contributed by atoms with Crippen LogP contribution in [0, 0.1) is 5.92 Å². The fourth-order valence-electron chi connectivity index (χ4n) is 2.05. The number of rotatable bonds is 9. The topological polar surface area (TPSA) is 49.3 Å². The third-order valence-electron chi connectivity index (χ3n) is 3.42. The third kappa shape index (κ3) is 5.61. The van der Waals surface area contributed by atoms with E-state index < -0.39 is 6.23 Å². The summed E-state index contributed by atoms with van der Waals surface area (Å²) in [6.07, 6.45) is 2.98. The van der Waals surface area contributed by atoms with Crippen LogP contribution in [0.5, 0.6) is 0 Å². The Balaban J connectivity index is 2.53. The molecule has 1 aromatic carbocycles. The molecule has 0 radical (unpaired) electrons. The van der Waals surface area contributed by atoms with Crippen molar-refractivity contribution in [3.63, 3.8) is 0 Å². The second kappa shape index (κ2) is 9.11. The minimum Gasteiger partial charge on any atom is -0.379 e. The maximum absolute atomic E-state index is 12.3. The molecule has 0 amide bonds. The standard InChI is InChI=1S/C16H24ClNO2/c1-3-5-6-15(19)18-11-12(4-2)16(20)13-7-9-14(17)10-8-13/h7-10,12,15,18-19H,3-6,11H2,1-2H3. The molecule has 0 aliphatic carbocycles. The Morgan fingerprint density at radius 3 is 2.50 bits per heavy atom. The van der Waals surface area contributed by atoms with Gasteiger partial charge in [0.1, 0.15) is 6.23 Å². The molecule has 1 aromatic rings. The van der Waals surface area contributed by atoms with Crippen LogP contribution in [0.25, 0.3) is 0 Å². The Morgan fingerprint density at radius 1 is 1.30 bits per heavy atom. The average Bonchev–Trinajstić information content (AvgIpc) is 2.46. The fraction of sp³-hybridized carbons (Fsp3) is 0.562. The van der Waals surface area contributed by atoms with Crippen molar-refractivity contribution < 1.29 is 9.90 Å². The summed E-state index contributed by atoms with van der Waals surface area (Å²) in [7, 11) is 0. The number of aliphatic hydroxyl groups is 1. The summed E-state index contributed by atoms with van der Waals surface area (Å²) in [6, 6.07) is 6.96. The third-order valence-corrected chi connectivity index (χ3v) is 3.68. The lowest BCUT2D eigenvalue weighted by molar-refractivity contribution is 0.0868. The summed E-state index contributed by atoms with van der Waals surface area (Å²) in [6.45, 7) is 4.58. The van der Waals surface area contributed by atoms with Crippen LogP contribution in [0.1, 0.15) is 49.9 Å². The molecule has 0 saturated carbocycles. The molecule has 0 saturated heterocycles. The van der Waals surface area contributed by atoms with Gasteiger partial charge in [0.2, 0.25) is 0 Å². The van der Waals surface area contributed by atoms with Crippen molar-refractivity contribution in [2.45, 2.75) is 45.8 Å². The number of benzene rings is 1. The quantitative estimate of drug-likeness (QED) is 0.540. The number of hydrogen-bond acceptors (Lipinski definition) is 3. The van der Waals surface area contributed by atoms with Gasteiger partial charge < -0.3 is 5.11 Å². The first-order chi connectivity index (χ1) is 9.58. The average molecular weight is 298 g/mol. The van der Waals surface area contributed by atoms with Gasteiger partial charge in [0.05, 0.1) is 0 Å². The van der Waals surface area contributed by atoms with Crippen LogP contribution in [0.3, 0.4) is 0 Å². The molecule has 3 nitrogen and oxygen atoms in total. The second-order valence-electron chi connectivity index (χ2n) is 5.04. The molecule has 2 N–H and O–H groups in total. The predicted octanol–water partition coefficient (Wildman–Crippen LogP) is 3.65. The van der Waals surface area contributed by atoms with Crippen molar-refractivity contribution >= 4 is 17.4 Å². The van der Waals surface area contributed by atoms with Gasteiger partial charge >= 0.3 is 0 Å². The molecule has 4 heteroatoms. The maximum Gasteiger partial charge on any atom is 0.167 e. The number of unbranched alkanes of at least 4 members (excludes halogenated alkanes) is 1. The van der Waals surface area contributed by atoms with Gasteiger partial charge in [0.25, 0.3) is 0 Å². The van der Waals surface area contributed by atoms with Gasteiger partial charge in [-0.3, -0.25) is 10.1 Å². The van der Waals surface area contributed by atoms with Gasteiger partial charge in [-0.25, -0.2) is 0 Å². The lowest BCUT2D eigenvalue weighted by atomic mass is 9.95. The number of hydrogen-bond donors (Lipinski definition) is 2. The van der Waals surface area contributed by atoms with Crippen LogP contribution in [-0.2, 0) is 0 Å². The lowest BCUT2D eigenvalue weighted by Crippen LogP contribution is -2.35. The Morgan fingerprint density at radius 2 is 1.95 bits per heavy atom. The van der Waals surface area contributed by atoms with Crippen molar-refractivity contribution in [1.82, 2.24) is 5.32 Å². The van der Waals surface area contributed by atoms with Gasteiger partial charge in [0.15, 0.2) is 5.78 Å². The molecule has 0 spiro atoms. The zero-order chi connectivity index (χ0) is 15.0. The number of carbonyl (C=O) groups is 1. The van der Waals surface area contributed by atoms with Crippen LogP contribution in [-0.4, -0.2) is 23.7 Å². The first-order valence-corrected chi connectivity index (χ1v) is 7.67. The molecule has 0 fully saturated rings. The van der Waals surface area contributed by atoms with Crippen molar-refractivity contribution in [3.8, 4) is 0 Å².